The van der Waals surface area contributed by atoms with Crippen molar-refractivity contribution < 1.29 is 15.1 Å². The van der Waals surface area contributed by atoms with Gasteiger partial charge in [-0.2, -0.15) is 0 Å². The molecule has 2 aromatic rings. The maximum atomic E-state index is 4.85. The molecule has 18 heavy (non-hydrogen) atoms. The standard InChI is InChI=1S/C15H16.2ClH.Ru/c1-15(2,13-9-5-3-6-10-13)14-11-7-4-8-12-14;;;/h3-12H,1-2H3;2*1H;/q;;;+2/p-2. The van der Waals surface area contributed by atoms with Crippen molar-refractivity contribution in [3.8, 4) is 0 Å². The Balaban J connectivity index is 0.000000492. The fraction of sp³-hybridized carbons (Fsp3) is 0.200. The van der Waals surface area contributed by atoms with Crippen molar-refractivity contribution in [3.05, 3.63) is 71.8 Å². The summed E-state index contributed by atoms with van der Waals surface area (Å²) in [6.07, 6.45) is 0. The van der Waals surface area contributed by atoms with E-state index in [1.165, 1.54) is 11.1 Å². The fourth-order valence-corrected chi connectivity index (χ4v) is 1.88. The first kappa shape index (κ1) is 15.7. The summed E-state index contributed by atoms with van der Waals surface area (Å²) in [4.78, 5) is 0. The average molecular weight is 368 g/mol. The molecule has 0 atom stereocenters. The third-order valence-corrected chi connectivity index (χ3v) is 2.99. The molecule has 0 bridgehead atoms. The third-order valence-electron chi connectivity index (χ3n) is 2.99. The number of rotatable bonds is 2. The zero-order chi connectivity index (χ0) is 13.4. The quantitative estimate of drug-likeness (QED) is 0.624. The Morgan fingerprint density at radius 3 is 1.28 bits per heavy atom. The Morgan fingerprint density at radius 2 is 1.00 bits per heavy atom. The second kappa shape index (κ2) is 7.94. The summed E-state index contributed by atoms with van der Waals surface area (Å²) in [6.45, 7) is 4.52. The number of hydrogen-bond donors (Lipinski definition) is 0. The zero-order valence-corrected chi connectivity index (χ0v) is 13.6. The van der Waals surface area contributed by atoms with Crippen LogP contribution in [0.1, 0.15) is 25.0 Å². The Morgan fingerprint density at radius 1 is 0.722 bits per heavy atom. The summed E-state index contributed by atoms with van der Waals surface area (Å²) in [7, 11) is 9.71. The van der Waals surface area contributed by atoms with Crippen LogP contribution < -0.4 is 0 Å². The summed E-state index contributed by atoms with van der Waals surface area (Å²) in [5.41, 5.74) is 2.80. The van der Waals surface area contributed by atoms with Gasteiger partial charge < -0.3 is 0 Å². The molecule has 2 rings (SSSR count). The molecule has 0 heterocycles. The van der Waals surface area contributed by atoms with Gasteiger partial charge in [0.2, 0.25) is 0 Å². The Bertz CT molecular complexity index is 399. The topological polar surface area (TPSA) is 0 Å². The molecule has 3 heteroatoms. The van der Waals surface area contributed by atoms with Crippen molar-refractivity contribution in [3.63, 3.8) is 0 Å². The molecule has 0 spiro atoms. The molecule has 0 radical (unpaired) electrons. The number of halogens is 2. The molecule has 0 N–H and O–H groups in total. The molecule has 0 amide bonds. The van der Waals surface area contributed by atoms with E-state index in [-0.39, 0.29) is 20.6 Å². The van der Waals surface area contributed by atoms with Crippen LogP contribution in [0.15, 0.2) is 60.7 Å². The van der Waals surface area contributed by atoms with Crippen LogP contribution >= 0.6 is 19.4 Å². The van der Waals surface area contributed by atoms with Gasteiger partial charge in [-0.1, -0.05) is 74.5 Å². The second-order valence-corrected chi connectivity index (χ2v) is 7.05. The van der Waals surface area contributed by atoms with E-state index < -0.39 is 0 Å². The summed E-state index contributed by atoms with van der Waals surface area (Å²) < 4.78 is 0. The van der Waals surface area contributed by atoms with E-state index in [2.05, 4.69) is 74.5 Å². The van der Waals surface area contributed by atoms with E-state index >= 15 is 0 Å². The van der Waals surface area contributed by atoms with Gasteiger partial charge in [0.15, 0.2) is 0 Å². The zero-order valence-electron chi connectivity index (χ0n) is 10.4. The van der Waals surface area contributed by atoms with Gasteiger partial charge in [-0.25, -0.2) is 0 Å². The van der Waals surface area contributed by atoms with Crippen molar-refractivity contribution in [1.82, 2.24) is 0 Å². The average Bonchev–Trinajstić information content (AvgIpc) is 2.42. The Hall–Kier alpha value is -0.357. The van der Waals surface area contributed by atoms with Crippen LogP contribution in [0.25, 0.3) is 0 Å². The van der Waals surface area contributed by atoms with E-state index in [1.54, 1.807) is 0 Å². The fourth-order valence-electron chi connectivity index (χ4n) is 1.88. The Kier molecular flexibility index (Phi) is 6.93. The molecule has 0 aliphatic carbocycles. The molecular weight excluding hydrogens is 352 g/mol. The minimum atomic E-state index is -0.346. The van der Waals surface area contributed by atoms with Gasteiger partial charge in [0, 0.05) is 5.41 Å². The van der Waals surface area contributed by atoms with Crippen LogP contribution in [0.2, 0.25) is 0 Å². The summed E-state index contributed by atoms with van der Waals surface area (Å²) in [5.74, 6) is 0. The van der Waals surface area contributed by atoms with Crippen LogP contribution in [-0.4, -0.2) is 0 Å². The van der Waals surface area contributed by atoms with Gasteiger partial charge in [-0.15, -0.1) is 0 Å². The van der Waals surface area contributed by atoms with E-state index in [1.807, 2.05) is 0 Å². The van der Waals surface area contributed by atoms with Gasteiger partial charge in [0.05, 0.1) is 0 Å². The van der Waals surface area contributed by atoms with Gasteiger partial charge in [-0.05, 0) is 11.1 Å². The molecule has 0 nitrogen and oxygen atoms in total. The van der Waals surface area contributed by atoms with E-state index in [0.29, 0.717) is 0 Å². The van der Waals surface area contributed by atoms with Crippen molar-refractivity contribution in [2.45, 2.75) is 19.3 Å². The van der Waals surface area contributed by atoms with Gasteiger partial charge in [0.25, 0.3) is 0 Å². The summed E-state index contributed by atoms with van der Waals surface area (Å²) >= 11 is -0.346. The molecule has 0 fully saturated rings. The molecule has 0 aliphatic rings. The second-order valence-electron chi connectivity index (χ2n) is 4.41. The predicted octanol–water partition coefficient (Wildman–Crippen LogP) is 5.39. The van der Waals surface area contributed by atoms with E-state index in [9.17, 15) is 0 Å². The van der Waals surface area contributed by atoms with Crippen LogP contribution in [0, 0.1) is 0 Å². The molecule has 2 aromatic carbocycles. The molecule has 0 unspecified atom stereocenters. The monoisotopic (exact) mass is 368 g/mol. The van der Waals surface area contributed by atoms with Crippen molar-refractivity contribution in [2.75, 3.05) is 0 Å². The van der Waals surface area contributed by atoms with Crippen LogP contribution in [0.3, 0.4) is 0 Å². The van der Waals surface area contributed by atoms with Crippen molar-refractivity contribution in [1.29, 1.82) is 0 Å². The first-order valence-corrected chi connectivity index (χ1v) is 10.1. The number of benzene rings is 2. The minimum absolute atomic E-state index is 0.0858. The van der Waals surface area contributed by atoms with Gasteiger partial charge in [-0.3, -0.25) is 0 Å². The van der Waals surface area contributed by atoms with Crippen LogP contribution in [0.5, 0.6) is 0 Å². The third kappa shape index (κ3) is 4.39. The normalized spacial score (nSPS) is 10.7. The molecule has 0 aliphatic heterocycles. The van der Waals surface area contributed by atoms with Gasteiger partial charge in [0.1, 0.15) is 0 Å². The van der Waals surface area contributed by atoms with Crippen molar-refractivity contribution >= 4 is 19.4 Å². The van der Waals surface area contributed by atoms with E-state index in [0.717, 1.165) is 0 Å². The SMILES string of the molecule is CC(C)(c1ccccc1)c1ccccc1.[Cl][Ru][Cl]. The molecule has 0 saturated carbocycles. The maximum absolute atomic E-state index is 4.85. The Labute approximate surface area is 125 Å². The predicted molar refractivity (Wildman–Crippen MR) is 76.7 cm³/mol. The molecule has 0 saturated heterocycles. The first-order chi connectivity index (χ1) is 8.62. The first-order valence-electron chi connectivity index (χ1n) is 5.59. The summed E-state index contributed by atoms with van der Waals surface area (Å²) in [6, 6.07) is 21.3. The van der Waals surface area contributed by atoms with Crippen molar-refractivity contribution in [2.24, 2.45) is 0 Å². The number of hydrogen-bond acceptors (Lipinski definition) is 0. The molecular formula is C15H16Cl2Ru. The molecule has 98 valence electrons. The van der Waals surface area contributed by atoms with Crippen LogP contribution in [-0.2, 0) is 20.6 Å². The van der Waals surface area contributed by atoms with Crippen LogP contribution in [0.4, 0.5) is 0 Å². The summed E-state index contributed by atoms with van der Waals surface area (Å²) in [5, 5.41) is 0. The molecule has 0 aromatic heterocycles. The van der Waals surface area contributed by atoms with E-state index in [4.69, 9.17) is 19.4 Å². The van der Waals surface area contributed by atoms with Gasteiger partial charge >= 0.3 is 34.5 Å².